The molecule has 0 spiro atoms. The van der Waals surface area contributed by atoms with Gasteiger partial charge in [-0.25, -0.2) is 0 Å². The quantitative estimate of drug-likeness (QED) is 0.700. The van der Waals surface area contributed by atoms with Crippen LogP contribution in [-0.2, 0) is 11.8 Å². The Hall–Kier alpha value is -1.08. The highest BCUT2D eigenvalue weighted by Gasteiger charge is 2.53. The zero-order valence-corrected chi connectivity index (χ0v) is 12.8. The largest absolute Gasteiger partial charge is 0.300 e. The van der Waals surface area contributed by atoms with Crippen molar-refractivity contribution in [2.75, 3.05) is 7.05 Å². The average Bonchev–Trinajstić information content (AvgIpc) is 2.51. The van der Waals surface area contributed by atoms with E-state index in [9.17, 15) is 0 Å². The standard InChI is InChI=1S/C19H25N/c1-4-19-10-9-14-11-17(19)18(20(3)13(14)2)12-15-7-5-6-8-16(15)19/h5-10,13-14,17-18H,4,11-12H2,1-3H3/t13?,14?,17?,18?,19-/m0/s1. The molecule has 1 aromatic carbocycles. The first kappa shape index (κ1) is 12.6. The molecule has 1 heteroatoms. The van der Waals surface area contributed by atoms with Gasteiger partial charge in [-0.3, -0.25) is 4.90 Å². The molecule has 1 aromatic rings. The van der Waals surface area contributed by atoms with Crippen LogP contribution >= 0.6 is 0 Å². The van der Waals surface area contributed by atoms with Crippen molar-refractivity contribution in [1.82, 2.24) is 4.90 Å². The lowest BCUT2D eigenvalue weighted by Gasteiger charge is -2.59. The maximum absolute atomic E-state index is 2.67. The van der Waals surface area contributed by atoms with Crippen LogP contribution in [0.25, 0.3) is 0 Å². The Labute approximate surface area is 122 Å². The molecule has 0 N–H and O–H groups in total. The molecule has 106 valence electrons. The van der Waals surface area contributed by atoms with Crippen molar-refractivity contribution in [2.24, 2.45) is 11.8 Å². The number of piperidine rings is 1. The fourth-order valence-electron chi connectivity index (χ4n) is 5.27. The summed E-state index contributed by atoms with van der Waals surface area (Å²) in [4.78, 5) is 2.67. The molecule has 3 aliphatic rings. The summed E-state index contributed by atoms with van der Waals surface area (Å²) in [5.41, 5.74) is 3.49. The summed E-state index contributed by atoms with van der Waals surface area (Å²) < 4.78 is 0. The van der Waals surface area contributed by atoms with Crippen molar-refractivity contribution in [2.45, 2.75) is 50.6 Å². The number of benzene rings is 1. The van der Waals surface area contributed by atoms with Crippen molar-refractivity contribution in [1.29, 1.82) is 0 Å². The fraction of sp³-hybridized carbons (Fsp3) is 0.579. The normalized spacial score (nSPS) is 42.4. The molecular weight excluding hydrogens is 242 g/mol. The van der Waals surface area contributed by atoms with Gasteiger partial charge < -0.3 is 0 Å². The maximum atomic E-state index is 2.67. The minimum absolute atomic E-state index is 0.296. The summed E-state index contributed by atoms with van der Waals surface area (Å²) in [7, 11) is 2.35. The van der Waals surface area contributed by atoms with E-state index in [1.165, 1.54) is 19.3 Å². The second kappa shape index (κ2) is 4.21. The molecule has 1 heterocycles. The summed E-state index contributed by atoms with van der Waals surface area (Å²) in [6, 6.07) is 10.6. The zero-order chi connectivity index (χ0) is 13.9. The second-order valence-corrected chi connectivity index (χ2v) is 7.09. The van der Waals surface area contributed by atoms with E-state index in [0.717, 1.165) is 17.9 Å². The third-order valence-electron chi connectivity index (χ3n) is 6.61. The van der Waals surface area contributed by atoms with Crippen LogP contribution in [0.2, 0.25) is 0 Å². The number of fused-ring (bicyclic) bond motifs is 3. The van der Waals surface area contributed by atoms with E-state index in [1.807, 2.05) is 0 Å². The van der Waals surface area contributed by atoms with Gasteiger partial charge in [0.15, 0.2) is 0 Å². The van der Waals surface area contributed by atoms with Crippen LogP contribution in [-0.4, -0.2) is 24.0 Å². The van der Waals surface area contributed by atoms with E-state index >= 15 is 0 Å². The number of likely N-dealkylation sites (tertiary alicyclic amines) is 1. The third kappa shape index (κ3) is 1.42. The van der Waals surface area contributed by atoms with Crippen molar-refractivity contribution in [3.63, 3.8) is 0 Å². The predicted molar refractivity (Wildman–Crippen MR) is 83.9 cm³/mol. The zero-order valence-electron chi connectivity index (χ0n) is 12.8. The number of allylic oxidation sites excluding steroid dienone is 1. The summed E-state index contributed by atoms with van der Waals surface area (Å²) in [6.07, 6.45) is 8.97. The van der Waals surface area contributed by atoms with Gasteiger partial charge in [-0.1, -0.05) is 43.3 Å². The number of rotatable bonds is 1. The molecule has 0 radical (unpaired) electrons. The Morgan fingerprint density at radius 3 is 2.90 bits per heavy atom. The van der Waals surface area contributed by atoms with Gasteiger partial charge in [0.2, 0.25) is 0 Å². The maximum Gasteiger partial charge on any atom is 0.0176 e. The van der Waals surface area contributed by atoms with Gasteiger partial charge in [0.1, 0.15) is 0 Å². The molecule has 0 aromatic heterocycles. The summed E-state index contributed by atoms with van der Waals surface area (Å²) in [5.74, 6) is 1.56. The van der Waals surface area contributed by atoms with E-state index in [0.29, 0.717) is 11.5 Å². The number of likely N-dealkylation sites (N-methyl/N-ethyl adjacent to an activating group) is 1. The van der Waals surface area contributed by atoms with Gasteiger partial charge in [-0.2, -0.15) is 0 Å². The van der Waals surface area contributed by atoms with Gasteiger partial charge in [-0.05, 0) is 56.2 Å². The second-order valence-electron chi connectivity index (χ2n) is 7.09. The molecule has 1 fully saturated rings. The highest BCUT2D eigenvalue weighted by atomic mass is 15.2. The molecule has 5 atom stereocenters. The summed E-state index contributed by atoms with van der Waals surface area (Å²) >= 11 is 0. The highest BCUT2D eigenvalue weighted by molar-refractivity contribution is 5.45. The van der Waals surface area contributed by atoms with Crippen molar-refractivity contribution < 1.29 is 0 Å². The molecule has 2 bridgehead atoms. The van der Waals surface area contributed by atoms with Crippen LogP contribution in [0.1, 0.15) is 37.8 Å². The van der Waals surface area contributed by atoms with Gasteiger partial charge in [0.25, 0.3) is 0 Å². The van der Waals surface area contributed by atoms with Crippen LogP contribution < -0.4 is 0 Å². The fourth-order valence-corrected chi connectivity index (χ4v) is 5.27. The van der Waals surface area contributed by atoms with Gasteiger partial charge in [0.05, 0.1) is 0 Å². The Bertz CT molecular complexity index is 561. The van der Waals surface area contributed by atoms with E-state index in [4.69, 9.17) is 0 Å². The van der Waals surface area contributed by atoms with Gasteiger partial charge in [-0.15, -0.1) is 0 Å². The SMILES string of the molecule is CC[C@@]12C=CC3CC1C(Cc1ccccc12)N(C)C3C. The monoisotopic (exact) mass is 267 g/mol. The van der Waals surface area contributed by atoms with Gasteiger partial charge >= 0.3 is 0 Å². The topological polar surface area (TPSA) is 3.24 Å². The number of hydrogen-bond acceptors (Lipinski definition) is 1. The molecule has 1 saturated heterocycles. The number of hydrogen-bond donors (Lipinski definition) is 0. The van der Waals surface area contributed by atoms with Crippen LogP contribution in [0.15, 0.2) is 36.4 Å². The van der Waals surface area contributed by atoms with E-state index in [1.54, 1.807) is 11.1 Å². The smallest absolute Gasteiger partial charge is 0.0176 e. The lowest BCUT2D eigenvalue weighted by Crippen LogP contribution is -2.61. The minimum Gasteiger partial charge on any atom is -0.300 e. The molecule has 0 saturated carbocycles. The lowest BCUT2D eigenvalue weighted by molar-refractivity contribution is -0.00173. The summed E-state index contributed by atoms with van der Waals surface area (Å²) in [5, 5.41) is 0. The number of nitrogens with zero attached hydrogens (tertiary/aromatic N) is 1. The van der Waals surface area contributed by atoms with Crippen molar-refractivity contribution in [3.8, 4) is 0 Å². The molecule has 4 rings (SSSR count). The van der Waals surface area contributed by atoms with E-state index in [2.05, 4.69) is 62.2 Å². The van der Waals surface area contributed by atoms with Gasteiger partial charge in [0, 0.05) is 17.5 Å². The first-order chi connectivity index (χ1) is 9.67. The predicted octanol–water partition coefficient (Wildman–Crippen LogP) is 3.79. The Kier molecular flexibility index (Phi) is 2.66. The molecule has 2 aliphatic carbocycles. The first-order valence-corrected chi connectivity index (χ1v) is 8.17. The lowest BCUT2D eigenvalue weighted by atomic mass is 9.53. The van der Waals surface area contributed by atoms with Crippen LogP contribution in [0.4, 0.5) is 0 Å². The van der Waals surface area contributed by atoms with E-state index < -0.39 is 0 Å². The molecule has 1 nitrogen and oxygen atoms in total. The highest BCUT2D eigenvalue weighted by Crippen LogP contribution is 2.54. The summed E-state index contributed by atoms with van der Waals surface area (Å²) in [6.45, 7) is 4.78. The van der Waals surface area contributed by atoms with Crippen molar-refractivity contribution >= 4 is 0 Å². The first-order valence-electron chi connectivity index (χ1n) is 8.17. The molecule has 0 amide bonds. The van der Waals surface area contributed by atoms with Crippen molar-refractivity contribution in [3.05, 3.63) is 47.5 Å². The van der Waals surface area contributed by atoms with Crippen LogP contribution in [0.3, 0.4) is 0 Å². The van der Waals surface area contributed by atoms with E-state index in [-0.39, 0.29) is 0 Å². The minimum atomic E-state index is 0.296. The Balaban J connectivity index is 1.94. The average molecular weight is 267 g/mol. The Morgan fingerprint density at radius 1 is 1.30 bits per heavy atom. The molecule has 4 unspecified atom stereocenters. The molecular formula is C19H25N. The Morgan fingerprint density at radius 2 is 2.10 bits per heavy atom. The van der Waals surface area contributed by atoms with Crippen LogP contribution in [0, 0.1) is 11.8 Å². The van der Waals surface area contributed by atoms with Crippen LogP contribution in [0.5, 0.6) is 0 Å². The molecule has 1 aliphatic heterocycles. The third-order valence-corrected chi connectivity index (χ3v) is 6.61. The molecule has 20 heavy (non-hydrogen) atoms.